The number of benzene rings is 1. The minimum absolute atomic E-state index is 0.0688. The molecule has 2 fully saturated rings. The minimum atomic E-state index is -0.459. The molecule has 11 nitrogen and oxygen atoms in total. The molecule has 216 valence electrons. The summed E-state index contributed by atoms with van der Waals surface area (Å²) in [5.41, 5.74) is 0.596. The molecule has 2 amide bonds. The number of nitrogens with zero attached hydrogens (tertiary/aromatic N) is 5. The quantitative estimate of drug-likeness (QED) is 0.451. The van der Waals surface area contributed by atoms with E-state index >= 15 is 0 Å². The molecule has 0 bridgehead atoms. The summed E-state index contributed by atoms with van der Waals surface area (Å²) in [4.78, 5) is 53.5. The Morgan fingerprint density at radius 3 is 2.38 bits per heavy atom. The highest BCUT2D eigenvalue weighted by atomic mass is 32.1. The van der Waals surface area contributed by atoms with Gasteiger partial charge in [-0.15, -0.1) is 0 Å². The summed E-state index contributed by atoms with van der Waals surface area (Å²) >= 11 is 5.70. The molecule has 4 rings (SSSR count). The molecular weight excluding hydrogens is 532 g/mol. The van der Waals surface area contributed by atoms with Gasteiger partial charge in [0.05, 0.1) is 24.7 Å². The lowest BCUT2D eigenvalue weighted by molar-refractivity contribution is -0.131. The zero-order chi connectivity index (χ0) is 29.0. The van der Waals surface area contributed by atoms with Crippen molar-refractivity contribution in [1.29, 1.82) is 0 Å². The zero-order valence-corrected chi connectivity index (χ0v) is 24.7. The van der Waals surface area contributed by atoms with Gasteiger partial charge in [-0.05, 0) is 25.8 Å². The first-order chi connectivity index (χ1) is 19.2. The third-order valence-corrected chi connectivity index (χ3v) is 8.14. The van der Waals surface area contributed by atoms with Crippen molar-refractivity contribution in [3.63, 3.8) is 0 Å². The van der Waals surface area contributed by atoms with Crippen LogP contribution in [-0.2, 0) is 14.4 Å². The van der Waals surface area contributed by atoms with Gasteiger partial charge in [-0.25, -0.2) is 4.98 Å². The number of rotatable bonds is 9. The number of fused-ring (bicyclic) bond motifs is 1. The molecule has 0 radical (unpaired) electrons. The molecule has 2 aliphatic heterocycles. The maximum absolute atomic E-state index is 13.7. The van der Waals surface area contributed by atoms with E-state index in [-0.39, 0.29) is 23.5 Å². The number of methoxy groups -OCH3 is 2. The largest absolute Gasteiger partial charge is 0.493 e. The Hall–Kier alpha value is -3.54. The molecule has 2 atom stereocenters. The summed E-state index contributed by atoms with van der Waals surface area (Å²) in [6.45, 7) is 8.32. The number of piperazine rings is 1. The number of ketones is 1. The van der Waals surface area contributed by atoms with E-state index in [2.05, 4.69) is 5.32 Å². The van der Waals surface area contributed by atoms with E-state index in [0.717, 1.165) is 6.42 Å². The fraction of sp³-hybridized carbons (Fsp3) is 0.571. The van der Waals surface area contributed by atoms with Gasteiger partial charge in [0.25, 0.3) is 0 Å². The maximum Gasteiger partial charge on any atom is 0.248 e. The molecule has 0 spiro atoms. The molecule has 12 heteroatoms. The predicted molar refractivity (Wildman–Crippen MR) is 157 cm³/mol. The zero-order valence-electron chi connectivity index (χ0n) is 23.9. The van der Waals surface area contributed by atoms with Crippen LogP contribution >= 0.6 is 12.2 Å². The number of amides is 2. The van der Waals surface area contributed by atoms with Crippen LogP contribution in [0.2, 0.25) is 0 Å². The van der Waals surface area contributed by atoms with Crippen LogP contribution in [0.3, 0.4) is 0 Å². The van der Waals surface area contributed by atoms with Crippen LogP contribution in [0.1, 0.15) is 46.5 Å². The highest BCUT2D eigenvalue weighted by Gasteiger charge is 2.35. The van der Waals surface area contributed by atoms with Gasteiger partial charge in [0.2, 0.25) is 17.8 Å². The maximum atomic E-state index is 13.7. The monoisotopic (exact) mass is 570 g/mol. The number of anilines is 2. The lowest BCUT2D eigenvalue weighted by Gasteiger charge is -2.35. The molecule has 40 heavy (non-hydrogen) atoms. The van der Waals surface area contributed by atoms with Crippen LogP contribution in [0.25, 0.3) is 10.9 Å². The Morgan fingerprint density at radius 1 is 1.07 bits per heavy atom. The molecule has 1 aromatic heterocycles. The van der Waals surface area contributed by atoms with Gasteiger partial charge in [0.15, 0.2) is 11.5 Å². The Bertz CT molecular complexity index is 1300. The number of hydrogen-bond acceptors (Lipinski definition) is 9. The van der Waals surface area contributed by atoms with Crippen molar-refractivity contribution in [2.24, 2.45) is 5.92 Å². The minimum Gasteiger partial charge on any atom is -0.493 e. The first-order valence-electron chi connectivity index (χ1n) is 13.7. The molecule has 0 saturated carbocycles. The molecule has 1 N–H and O–H groups in total. The van der Waals surface area contributed by atoms with Crippen LogP contribution in [0.4, 0.5) is 11.8 Å². The van der Waals surface area contributed by atoms with E-state index < -0.39 is 6.04 Å². The van der Waals surface area contributed by atoms with Gasteiger partial charge in [0, 0.05) is 62.9 Å². The predicted octanol–water partition coefficient (Wildman–Crippen LogP) is 3.05. The summed E-state index contributed by atoms with van der Waals surface area (Å²) in [6.07, 6.45) is 2.30. The number of likely N-dealkylation sites (tertiary alicyclic amines) is 1. The fourth-order valence-corrected chi connectivity index (χ4v) is 5.67. The summed E-state index contributed by atoms with van der Waals surface area (Å²) in [5, 5.41) is 3.67. The Balaban J connectivity index is 1.65. The van der Waals surface area contributed by atoms with Gasteiger partial charge in [0.1, 0.15) is 17.6 Å². The number of Topliss-reactive ketones (excluding diaryl/α,β-unsaturated/α-hetero) is 1. The SMILES string of the molecule is CCC(=O)N1CCN(c2nc(NC(=O)[C@H]3CCCN3C(=S)C(C)CC(C)=O)c3cc(OC)c(OC)cc3n2)CC1. The topological polar surface area (TPSA) is 117 Å². The molecule has 1 aromatic carbocycles. The van der Waals surface area contributed by atoms with Crippen LogP contribution in [-0.4, -0.2) is 95.3 Å². The van der Waals surface area contributed by atoms with Crippen molar-refractivity contribution < 1.29 is 23.9 Å². The normalized spacial score (nSPS) is 18.0. The highest BCUT2D eigenvalue weighted by molar-refractivity contribution is 7.80. The van der Waals surface area contributed by atoms with E-state index in [0.29, 0.717) is 91.1 Å². The number of carbonyl (C=O) groups excluding carboxylic acids is 3. The van der Waals surface area contributed by atoms with Crippen molar-refractivity contribution >= 4 is 57.5 Å². The highest BCUT2D eigenvalue weighted by Crippen LogP contribution is 2.35. The number of ether oxygens (including phenoxy) is 2. The number of nitrogens with one attached hydrogen (secondary N) is 1. The van der Waals surface area contributed by atoms with Crippen LogP contribution in [0, 0.1) is 5.92 Å². The second kappa shape index (κ2) is 12.8. The number of thiocarbonyl (C=S) groups is 1. The number of carbonyl (C=O) groups is 3. The third-order valence-electron chi connectivity index (χ3n) is 7.50. The molecule has 2 aromatic rings. The van der Waals surface area contributed by atoms with Gasteiger partial charge in [-0.2, -0.15) is 4.98 Å². The third kappa shape index (κ3) is 6.27. The first-order valence-corrected chi connectivity index (χ1v) is 14.1. The molecule has 1 unspecified atom stereocenters. The summed E-state index contributed by atoms with van der Waals surface area (Å²) in [6, 6.07) is 3.07. The first kappa shape index (κ1) is 29.4. The number of hydrogen-bond donors (Lipinski definition) is 1. The van der Waals surface area contributed by atoms with Crippen molar-refractivity contribution in [2.45, 2.75) is 52.5 Å². The molecule has 3 heterocycles. The second-order valence-corrected chi connectivity index (χ2v) is 10.7. The number of aromatic nitrogens is 2. The van der Waals surface area contributed by atoms with Crippen molar-refractivity contribution in [1.82, 2.24) is 19.8 Å². The smallest absolute Gasteiger partial charge is 0.248 e. The van der Waals surface area contributed by atoms with Crippen molar-refractivity contribution in [3.8, 4) is 11.5 Å². The van der Waals surface area contributed by atoms with E-state index in [1.807, 2.05) is 28.5 Å². The Labute approximate surface area is 240 Å². The Morgan fingerprint density at radius 2 is 1.75 bits per heavy atom. The van der Waals surface area contributed by atoms with E-state index in [1.165, 1.54) is 0 Å². The lowest BCUT2D eigenvalue weighted by atomic mass is 10.0. The van der Waals surface area contributed by atoms with E-state index in [4.69, 9.17) is 31.7 Å². The van der Waals surface area contributed by atoms with Crippen molar-refractivity contribution in [2.75, 3.05) is 57.2 Å². The molecule has 0 aliphatic carbocycles. The van der Waals surface area contributed by atoms with Crippen LogP contribution in [0.15, 0.2) is 12.1 Å². The van der Waals surface area contributed by atoms with Crippen molar-refractivity contribution in [3.05, 3.63) is 12.1 Å². The van der Waals surface area contributed by atoms with Crippen LogP contribution < -0.4 is 19.7 Å². The van der Waals surface area contributed by atoms with Gasteiger partial charge in [-0.1, -0.05) is 26.1 Å². The molecule has 2 aliphatic rings. The summed E-state index contributed by atoms with van der Waals surface area (Å²) in [5.74, 6) is 1.70. The van der Waals surface area contributed by atoms with Crippen LogP contribution in [0.5, 0.6) is 11.5 Å². The lowest BCUT2D eigenvalue weighted by Crippen LogP contribution is -2.49. The summed E-state index contributed by atoms with van der Waals surface area (Å²) in [7, 11) is 3.11. The van der Waals surface area contributed by atoms with E-state index in [1.54, 1.807) is 33.3 Å². The van der Waals surface area contributed by atoms with Gasteiger partial charge >= 0.3 is 0 Å². The Kier molecular flexibility index (Phi) is 9.39. The average Bonchev–Trinajstić information content (AvgIpc) is 3.45. The molecular formula is C28H38N6O5S. The molecule has 2 saturated heterocycles. The second-order valence-electron chi connectivity index (χ2n) is 10.3. The fourth-order valence-electron chi connectivity index (χ4n) is 5.36. The van der Waals surface area contributed by atoms with Gasteiger partial charge in [-0.3, -0.25) is 9.59 Å². The summed E-state index contributed by atoms with van der Waals surface area (Å²) < 4.78 is 11.0. The average molecular weight is 571 g/mol. The standard InChI is InChI=1S/C28H38N6O5S/c1-6-24(36)32-10-12-33(13-11-32)28-29-20-16-23(39-5)22(38-4)15-19(20)25(31-28)30-26(37)21-8-7-9-34(21)27(40)17(2)14-18(3)35/h15-17,21H,6-14H2,1-5H3,(H,29,30,31,37)/t17?,21-/m1/s1. The van der Waals surface area contributed by atoms with Gasteiger partial charge < -0.3 is 34.3 Å². The van der Waals surface area contributed by atoms with E-state index in [9.17, 15) is 14.4 Å².